The van der Waals surface area contributed by atoms with Crippen LogP contribution in [0.5, 0.6) is 0 Å². The number of halogens is 3. The SMILES string of the molecule is O=C(c1cc(Br)ccc1Cl)N1CCCN(CCCl)CC1. The lowest BCUT2D eigenvalue weighted by atomic mass is 10.2. The highest BCUT2D eigenvalue weighted by Gasteiger charge is 2.21. The van der Waals surface area contributed by atoms with E-state index >= 15 is 0 Å². The van der Waals surface area contributed by atoms with Gasteiger partial charge >= 0.3 is 0 Å². The van der Waals surface area contributed by atoms with Gasteiger partial charge in [-0.1, -0.05) is 27.5 Å². The number of hydrogen-bond donors (Lipinski definition) is 0. The van der Waals surface area contributed by atoms with Crippen LogP contribution in [0.15, 0.2) is 22.7 Å². The second kappa shape index (κ2) is 7.64. The van der Waals surface area contributed by atoms with Gasteiger partial charge in [-0.3, -0.25) is 4.79 Å². The Balaban J connectivity index is 2.07. The summed E-state index contributed by atoms with van der Waals surface area (Å²) >= 11 is 15.3. The Morgan fingerprint density at radius 2 is 2.05 bits per heavy atom. The number of hydrogen-bond acceptors (Lipinski definition) is 2. The summed E-state index contributed by atoms with van der Waals surface area (Å²) in [6.07, 6.45) is 0.967. The number of rotatable bonds is 3. The van der Waals surface area contributed by atoms with Crippen LogP contribution >= 0.6 is 39.1 Å². The number of alkyl halides is 1. The third kappa shape index (κ3) is 4.10. The summed E-state index contributed by atoms with van der Waals surface area (Å²) in [5.41, 5.74) is 0.562. The fraction of sp³-hybridized carbons (Fsp3) is 0.500. The lowest BCUT2D eigenvalue weighted by Crippen LogP contribution is -2.35. The number of amides is 1. The lowest BCUT2D eigenvalue weighted by molar-refractivity contribution is 0.0762. The molecule has 0 bridgehead atoms. The summed E-state index contributed by atoms with van der Waals surface area (Å²) in [6.45, 7) is 4.22. The molecule has 1 aromatic carbocycles. The first-order valence-corrected chi connectivity index (χ1v) is 8.35. The zero-order valence-corrected chi connectivity index (χ0v) is 14.2. The molecule has 1 aliphatic heterocycles. The van der Waals surface area contributed by atoms with Gasteiger partial charge in [0.25, 0.3) is 5.91 Å². The smallest absolute Gasteiger partial charge is 0.255 e. The average molecular weight is 380 g/mol. The molecule has 0 aliphatic carbocycles. The molecular weight excluding hydrogens is 363 g/mol. The van der Waals surface area contributed by atoms with Crippen LogP contribution in [-0.2, 0) is 0 Å². The zero-order valence-electron chi connectivity index (χ0n) is 11.1. The maximum atomic E-state index is 12.6. The van der Waals surface area contributed by atoms with Crippen LogP contribution in [0.4, 0.5) is 0 Å². The van der Waals surface area contributed by atoms with Crippen molar-refractivity contribution < 1.29 is 4.79 Å². The number of carbonyl (C=O) groups excluding carboxylic acids is 1. The molecule has 1 aliphatic rings. The molecule has 1 amide bonds. The zero-order chi connectivity index (χ0) is 14.5. The van der Waals surface area contributed by atoms with E-state index < -0.39 is 0 Å². The monoisotopic (exact) mass is 378 g/mol. The van der Waals surface area contributed by atoms with E-state index in [0.29, 0.717) is 16.5 Å². The summed E-state index contributed by atoms with van der Waals surface area (Å²) < 4.78 is 0.865. The van der Waals surface area contributed by atoms with Gasteiger partial charge in [-0.05, 0) is 31.2 Å². The van der Waals surface area contributed by atoms with Gasteiger partial charge in [0.15, 0.2) is 0 Å². The minimum atomic E-state index is 0.00373. The fourth-order valence-corrected chi connectivity index (χ4v) is 3.15. The van der Waals surface area contributed by atoms with Gasteiger partial charge in [0.1, 0.15) is 0 Å². The summed E-state index contributed by atoms with van der Waals surface area (Å²) in [6, 6.07) is 5.37. The Labute approximate surface area is 138 Å². The van der Waals surface area contributed by atoms with Crippen LogP contribution in [-0.4, -0.2) is 54.3 Å². The molecule has 0 N–H and O–H groups in total. The van der Waals surface area contributed by atoms with Crippen molar-refractivity contribution in [2.24, 2.45) is 0 Å². The molecule has 110 valence electrons. The van der Waals surface area contributed by atoms with E-state index in [0.717, 1.165) is 43.6 Å². The molecule has 1 heterocycles. The van der Waals surface area contributed by atoms with Gasteiger partial charge in [-0.2, -0.15) is 0 Å². The molecular formula is C14H17BrCl2N2O. The van der Waals surface area contributed by atoms with Gasteiger partial charge in [-0.15, -0.1) is 11.6 Å². The van der Waals surface area contributed by atoms with Crippen molar-refractivity contribution >= 4 is 45.0 Å². The molecule has 0 atom stereocenters. The predicted octanol–water partition coefficient (Wildman–Crippen LogP) is 3.49. The first-order chi connectivity index (χ1) is 9.61. The van der Waals surface area contributed by atoms with Gasteiger partial charge in [0, 0.05) is 36.5 Å². The molecule has 0 radical (unpaired) electrons. The first kappa shape index (κ1) is 16.1. The molecule has 1 aromatic rings. The summed E-state index contributed by atoms with van der Waals surface area (Å²) in [4.78, 5) is 16.7. The molecule has 0 aromatic heterocycles. The molecule has 0 spiro atoms. The van der Waals surface area contributed by atoms with E-state index in [4.69, 9.17) is 23.2 Å². The van der Waals surface area contributed by atoms with E-state index in [-0.39, 0.29) is 5.91 Å². The third-order valence-corrected chi connectivity index (χ3v) is 4.43. The van der Waals surface area contributed by atoms with Gasteiger partial charge in [-0.25, -0.2) is 0 Å². The quantitative estimate of drug-likeness (QED) is 0.750. The van der Waals surface area contributed by atoms with Gasteiger partial charge in [0.2, 0.25) is 0 Å². The van der Waals surface area contributed by atoms with Crippen LogP contribution in [0.25, 0.3) is 0 Å². The average Bonchev–Trinajstić information content (AvgIpc) is 2.67. The molecule has 1 saturated heterocycles. The van der Waals surface area contributed by atoms with Crippen LogP contribution < -0.4 is 0 Å². The second-order valence-electron chi connectivity index (χ2n) is 4.80. The maximum Gasteiger partial charge on any atom is 0.255 e. The fourth-order valence-electron chi connectivity index (χ4n) is 2.35. The van der Waals surface area contributed by atoms with E-state index in [2.05, 4.69) is 20.8 Å². The second-order valence-corrected chi connectivity index (χ2v) is 6.50. The first-order valence-electron chi connectivity index (χ1n) is 6.64. The van der Waals surface area contributed by atoms with Crippen molar-refractivity contribution in [1.29, 1.82) is 0 Å². The van der Waals surface area contributed by atoms with Gasteiger partial charge < -0.3 is 9.80 Å². The minimum absolute atomic E-state index is 0.00373. The van der Waals surface area contributed by atoms with Crippen molar-refractivity contribution in [3.63, 3.8) is 0 Å². The highest BCUT2D eigenvalue weighted by Crippen LogP contribution is 2.23. The Bertz CT molecular complexity index is 484. The standard InChI is InChI=1S/C14H17BrCl2N2O/c15-11-2-3-13(17)12(10-11)14(20)19-6-1-5-18(7-4-16)8-9-19/h2-3,10H,1,4-9H2. The molecule has 1 fully saturated rings. The topological polar surface area (TPSA) is 23.6 Å². The Kier molecular flexibility index (Phi) is 6.15. The van der Waals surface area contributed by atoms with Crippen molar-refractivity contribution in [3.8, 4) is 0 Å². The molecule has 0 unspecified atom stereocenters. The van der Waals surface area contributed by atoms with Crippen molar-refractivity contribution in [2.45, 2.75) is 6.42 Å². The van der Waals surface area contributed by atoms with Crippen LogP contribution in [0.2, 0.25) is 5.02 Å². The normalized spacial score (nSPS) is 17.1. The molecule has 2 rings (SSSR count). The van der Waals surface area contributed by atoms with Crippen molar-refractivity contribution in [3.05, 3.63) is 33.3 Å². The summed E-state index contributed by atoms with van der Waals surface area (Å²) in [7, 11) is 0. The summed E-state index contributed by atoms with van der Waals surface area (Å²) in [5.74, 6) is 0.634. The number of benzene rings is 1. The number of nitrogens with zero attached hydrogens (tertiary/aromatic N) is 2. The van der Waals surface area contributed by atoms with E-state index in [1.807, 2.05) is 11.0 Å². The predicted molar refractivity (Wildman–Crippen MR) is 86.8 cm³/mol. The van der Waals surface area contributed by atoms with E-state index in [1.165, 1.54) is 0 Å². The molecule has 20 heavy (non-hydrogen) atoms. The third-order valence-electron chi connectivity index (χ3n) is 3.44. The minimum Gasteiger partial charge on any atom is -0.337 e. The van der Waals surface area contributed by atoms with Crippen molar-refractivity contribution in [2.75, 3.05) is 38.6 Å². The largest absolute Gasteiger partial charge is 0.337 e. The van der Waals surface area contributed by atoms with Gasteiger partial charge in [0.05, 0.1) is 10.6 Å². The molecule has 0 saturated carbocycles. The lowest BCUT2D eigenvalue weighted by Gasteiger charge is -2.22. The summed E-state index contributed by atoms with van der Waals surface area (Å²) in [5, 5.41) is 0.500. The highest BCUT2D eigenvalue weighted by atomic mass is 79.9. The van der Waals surface area contributed by atoms with E-state index in [1.54, 1.807) is 12.1 Å². The van der Waals surface area contributed by atoms with Crippen LogP contribution in [0, 0.1) is 0 Å². The van der Waals surface area contributed by atoms with Crippen LogP contribution in [0.1, 0.15) is 16.8 Å². The van der Waals surface area contributed by atoms with E-state index in [9.17, 15) is 4.79 Å². The van der Waals surface area contributed by atoms with Crippen LogP contribution in [0.3, 0.4) is 0 Å². The Morgan fingerprint density at radius 1 is 1.25 bits per heavy atom. The van der Waals surface area contributed by atoms with Crippen molar-refractivity contribution in [1.82, 2.24) is 9.80 Å². The Hall–Kier alpha value is -0.290. The highest BCUT2D eigenvalue weighted by molar-refractivity contribution is 9.10. The molecule has 3 nitrogen and oxygen atoms in total. The maximum absolute atomic E-state index is 12.6. The molecule has 6 heteroatoms. The Morgan fingerprint density at radius 3 is 2.80 bits per heavy atom. The number of carbonyl (C=O) groups is 1.